The molecule has 0 N–H and O–H groups in total. The van der Waals surface area contributed by atoms with Crippen LogP contribution in [0.3, 0.4) is 0 Å². The number of carbonyl (C=O) groups excluding carboxylic acids is 2. The monoisotopic (exact) mass is 218 g/mol. The van der Waals surface area contributed by atoms with Crippen molar-refractivity contribution in [2.45, 2.75) is 13.8 Å². The molecule has 1 rings (SSSR count). The van der Waals surface area contributed by atoms with Crippen LogP contribution in [0, 0.1) is 0 Å². The van der Waals surface area contributed by atoms with E-state index in [1.807, 2.05) is 0 Å². The smallest absolute Gasteiger partial charge is 0.163 e. The van der Waals surface area contributed by atoms with Crippen LogP contribution in [0.2, 0.25) is 0 Å². The van der Waals surface area contributed by atoms with Gasteiger partial charge in [-0.2, -0.15) is 0 Å². The van der Waals surface area contributed by atoms with Crippen LogP contribution in [0.4, 0.5) is 0 Å². The third-order valence-electron chi connectivity index (χ3n) is 2.19. The first-order valence-electron chi connectivity index (χ1n) is 4.92. The molecule has 0 atom stereocenters. The van der Waals surface area contributed by atoms with E-state index in [1.165, 1.54) is 13.8 Å². The molecule has 0 aliphatic rings. The highest BCUT2D eigenvalue weighted by molar-refractivity contribution is 6.21. The molecule has 1 aromatic rings. The third-order valence-corrected chi connectivity index (χ3v) is 2.19. The first kappa shape index (κ1) is 12.2. The molecule has 3 nitrogen and oxygen atoms in total. The predicted octanol–water partition coefficient (Wildman–Crippen LogP) is 2.26. The quantitative estimate of drug-likeness (QED) is 0.442. The second-order valence-electron chi connectivity index (χ2n) is 3.44. The second kappa shape index (κ2) is 5.26. The van der Waals surface area contributed by atoms with Gasteiger partial charge in [0.15, 0.2) is 11.6 Å². The van der Waals surface area contributed by atoms with Crippen LogP contribution in [-0.4, -0.2) is 18.7 Å². The minimum atomic E-state index is -0.219. The molecule has 0 saturated carbocycles. The molecule has 0 unspecified atom stereocenters. The molecule has 1 aromatic carbocycles. The zero-order valence-electron chi connectivity index (χ0n) is 9.61. The highest BCUT2D eigenvalue weighted by Gasteiger charge is 2.08. The van der Waals surface area contributed by atoms with Crippen molar-refractivity contribution in [2.24, 2.45) is 0 Å². The molecule has 0 aliphatic carbocycles. The van der Waals surface area contributed by atoms with Crippen LogP contribution in [0.15, 0.2) is 29.8 Å². The molecule has 0 radical (unpaired) electrons. The maximum Gasteiger partial charge on any atom is 0.163 e. The van der Waals surface area contributed by atoms with E-state index in [4.69, 9.17) is 4.74 Å². The lowest BCUT2D eigenvalue weighted by atomic mass is 10.0. The molecule has 0 spiro atoms. The zero-order valence-corrected chi connectivity index (χ0v) is 9.61. The normalized spacial score (nSPS) is 9.44. The largest absolute Gasteiger partial charge is 0.497 e. The van der Waals surface area contributed by atoms with E-state index in [0.29, 0.717) is 0 Å². The van der Waals surface area contributed by atoms with Gasteiger partial charge in [-0.15, -0.1) is 0 Å². The number of hydrogen-bond acceptors (Lipinski definition) is 3. The fourth-order valence-electron chi connectivity index (χ4n) is 1.32. The number of benzene rings is 1. The highest BCUT2D eigenvalue weighted by Crippen LogP contribution is 2.14. The number of rotatable bonds is 4. The van der Waals surface area contributed by atoms with Gasteiger partial charge in [0.1, 0.15) is 5.75 Å². The molecule has 16 heavy (non-hydrogen) atoms. The average Bonchev–Trinajstić information content (AvgIpc) is 2.25. The molecule has 0 aliphatic heterocycles. The molecular formula is C13H14O3. The number of carbonyl (C=O) groups is 2. The van der Waals surface area contributed by atoms with Gasteiger partial charge in [0.2, 0.25) is 0 Å². The number of ketones is 2. The van der Waals surface area contributed by atoms with Crippen molar-refractivity contribution >= 4 is 17.6 Å². The lowest BCUT2D eigenvalue weighted by Crippen LogP contribution is -2.05. The third kappa shape index (κ3) is 3.05. The Hall–Kier alpha value is -1.90. The Morgan fingerprint density at radius 3 is 1.94 bits per heavy atom. The predicted molar refractivity (Wildman–Crippen MR) is 62.3 cm³/mol. The van der Waals surface area contributed by atoms with Crippen molar-refractivity contribution in [3.05, 3.63) is 35.4 Å². The van der Waals surface area contributed by atoms with Gasteiger partial charge >= 0.3 is 0 Å². The van der Waals surface area contributed by atoms with E-state index in [9.17, 15) is 9.59 Å². The molecule has 84 valence electrons. The summed E-state index contributed by atoms with van der Waals surface area (Å²) in [6, 6.07) is 7.16. The van der Waals surface area contributed by atoms with Crippen molar-refractivity contribution in [3.8, 4) is 5.75 Å². The minimum absolute atomic E-state index is 0.213. The van der Waals surface area contributed by atoms with Crippen LogP contribution >= 0.6 is 0 Å². The topological polar surface area (TPSA) is 43.4 Å². The lowest BCUT2D eigenvalue weighted by Gasteiger charge is -2.01. The lowest BCUT2D eigenvalue weighted by molar-refractivity contribution is -0.119. The van der Waals surface area contributed by atoms with Gasteiger partial charge in [-0.3, -0.25) is 9.59 Å². The molecule has 0 aromatic heterocycles. The van der Waals surface area contributed by atoms with Crippen LogP contribution in [0.25, 0.3) is 6.08 Å². The SMILES string of the molecule is COc1ccc(C=C(C(C)=O)C(C)=O)cc1. The number of Topliss-reactive ketones (excluding diaryl/α,β-unsaturated/α-hetero) is 2. The van der Waals surface area contributed by atoms with E-state index in [1.54, 1.807) is 37.5 Å². The van der Waals surface area contributed by atoms with E-state index >= 15 is 0 Å². The van der Waals surface area contributed by atoms with E-state index in [2.05, 4.69) is 0 Å². The Labute approximate surface area is 94.7 Å². The summed E-state index contributed by atoms with van der Waals surface area (Å²) >= 11 is 0. The van der Waals surface area contributed by atoms with Gasteiger partial charge in [0.05, 0.1) is 12.7 Å². The van der Waals surface area contributed by atoms with Gasteiger partial charge in [-0.25, -0.2) is 0 Å². The van der Waals surface area contributed by atoms with E-state index in [0.717, 1.165) is 11.3 Å². The first-order valence-corrected chi connectivity index (χ1v) is 4.92. The summed E-state index contributed by atoms with van der Waals surface area (Å²) in [6.45, 7) is 2.77. The minimum Gasteiger partial charge on any atom is -0.497 e. The van der Waals surface area contributed by atoms with Gasteiger partial charge in [0, 0.05) is 0 Å². The average molecular weight is 218 g/mol. The van der Waals surface area contributed by atoms with E-state index in [-0.39, 0.29) is 17.1 Å². The molecule has 0 bridgehead atoms. The van der Waals surface area contributed by atoms with Crippen LogP contribution in [0.5, 0.6) is 5.75 Å². The van der Waals surface area contributed by atoms with Crippen molar-refractivity contribution in [1.29, 1.82) is 0 Å². The highest BCUT2D eigenvalue weighted by atomic mass is 16.5. The van der Waals surface area contributed by atoms with Crippen molar-refractivity contribution in [3.63, 3.8) is 0 Å². The van der Waals surface area contributed by atoms with Crippen LogP contribution in [0.1, 0.15) is 19.4 Å². The molecular weight excluding hydrogens is 204 g/mol. The summed E-state index contributed by atoms with van der Waals surface area (Å²) in [6.07, 6.45) is 1.59. The van der Waals surface area contributed by atoms with Crippen LogP contribution < -0.4 is 4.74 Å². The Kier molecular flexibility index (Phi) is 4.00. The maximum atomic E-state index is 11.2. The number of allylic oxidation sites excluding steroid dienone is 1. The summed E-state index contributed by atoms with van der Waals surface area (Å²) in [7, 11) is 1.58. The zero-order chi connectivity index (χ0) is 12.1. The van der Waals surface area contributed by atoms with Crippen molar-refractivity contribution < 1.29 is 14.3 Å². The van der Waals surface area contributed by atoms with E-state index < -0.39 is 0 Å². The van der Waals surface area contributed by atoms with Gasteiger partial charge in [-0.05, 0) is 37.6 Å². The molecule has 0 amide bonds. The number of ether oxygens (including phenoxy) is 1. The number of methoxy groups -OCH3 is 1. The van der Waals surface area contributed by atoms with Gasteiger partial charge in [0.25, 0.3) is 0 Å². The van der Waals surface area contributed by atoms with Gasteiger partial charge in [-0.1, -0.05) is 12.1 Å². The number of hydrogen-bond donors (Lipinski definition) is 0. The van der Waals surface area contributed by atoms with Crippen LogP contribution in [-0.2, 0) is 9.59 Å². The van der Waals surface area contributed by atoms with Crippen molar-refractivity contribution in [2.75, 3.05) is 7.11 Å². The van der Waals surface area contributed by atoms with Gasteiger partial charge < -0.3 is 4.74 Å². The Morgan fingerprint density at radius 2 is 1.56 bits per heavy atom. The standard InChI is InChI=1S/C13H14O3/c1-9(14)13(10(2)15)8-11-4-6-12(16-3)7-5-11/h4-8H,1-3H3. The summed E-state index contributed by atoms with van der Waals surface area (Å²) in [5, 5.41) is 0. The fourth-order valence-corrected chi connectivity index (χ4v) is 1.32. The van der Waals surface area contributed by atoms with Crippen molar-refractivity contribution in [1.82, 2.24) is 0 Å². The Morgan fingerprint density at radius 1 is 1.06 bits per heavy atom. The Bertz CT molecular complexity index is 411. The molecule has 0 fully saturated rings. The second-order valence-corrected chi connectivity index (χ2v) is 3.44. The molecule has 3 heteroatoms. The Balaban J connectivity index is 3.04. The summed E-state index contributed by atoms with van der Waals surface area (Å²) < 4.78 is 5.01. The summed E-state index contributed by atoms with van der Waals surface area (Å²) in [4.78, 5) is 22.4. The molecule has 0 heterocycles. The summed E-state index contributed by atoms with van der Waals surface area (Å²) in [5.74, 6) is 0.302. The maximum absolute atomic E-state index is 11.2. The fraction of sp³-hybridized carbons (Fsp3) is 0.231. The first-order chi connectivity index (χ1) is 7.54. The molecule has 0 saturated heterocycles. The summed E-state index contributed by atoms with van der Waals surface area (Å²) in [5.41, 5.74) is 1.02.